The van der Waals surface area contributed by atoms with Crippen LogP contribution in [0.15, 0.2) is 24.3 Å². The number of benzene rings is 1. The van der Waals surface area contributed by atoms with Gasteiger partial charge in [0.1, 0.15) is 11.3 Å². The van der Waals surface area contributed by atoms with Crippen molar-refractivity contribution in [3.8, 4) is 5.75 Å². The smallest absolute Gasteiger partial charge is 0.145 e. The van der Waals surface area contributed by atoms with Gasteiger partial charge in [0.05, 0.1) is 7.11 Å². The average Bonchev–Trinajstić information content (AvgIpc) is 2.29. The molecule has 3 nitrogen and oxygen atoms in total. The molecular weight excluding hydrogens is 200 g/mol. The van der Waals surface area contributed by atoms with E-state index in [1.54, 1.807) is 7.11 Å². The standard InChI is InChI=1S/C13H16N2O/c1-9-8-10(6-7-14)15-13-11(9)4-3-5-12(13)16-2/h3-5,8H,6-7,14H2,1-2H3. The predicted octanol–water partition coefficient (Wildman–Crippen LogP) is 2.05. The lowest BCUT2D eigenvalue weighted by molar-refractivity contribution is 0.419. The molecule has 2 N–H and O–H groups in total. The molecule has 0 atom stereocenters. The quantitative estimate of drug-likeness (QED) is 0.854. The van der Waals surface area contributed by atoms with Crippen LogP contribution in [0.4, 0.5) is 0 Å². The van der Waals surface area contributed by atoms with Gasteiger partial charge < -0.3 is 10.5 Å². The summed E-state index contributed by atoms with van der Waals surface area (Å²) in [5.74, 6) is 0.819. The van der Waals surface area contributed by atoms with Crippen molar-refractivity contribution in [2.45, 2.75) is 13.3 Å². The minimum Gasteiger partial charge on any atom is -0.494 e. The van der Waals surface area contributed by atoms with Gasteiger partial charge in [0.2, 0.25) is 0 Å². The van der Waals surface area contributed by atoms with Gasteiger partial charge in [-0.15, -0.1) is 0 Å². The van der Waals surface area contributed by atoms with E-state index in [0.29, 0.717) is 6.54 Å². The second-order valence-corrected chi connectivity index (χ2v) is 3.83. The van der Waals surface area contributed by atoms with Gasteiger partial charge in [0.25, 0.3) is 0 Å². The van der Waals surface area contributed by atoms with Gasteiger partial charge in [0, 0.05) is 17.5 Å². The molecule has 0 saturated heterocycles. The SMILES string of the molecule is COc1cccc2c(C)cc(CCN)nc12. The summed E-state index contributed by atoms with van der Waals surface area (Å²) >= 11 is 0. The Hall–Kier alpha value is -1.61. The number of nitrogens with two attached hydrogens (primary N) is 1. The van der Waals surface area contributed by atoms with Crippen LogP contribution in [0.5, 0.6) is 5.75 Å². The van der Waals surface area contributed by atoms with Crippen LogP contribution in [0.2, 0.25) is 0 Å². The zero-order chi connectivity index (χ0) is 11.5. The van der Waals surface area contributed by atoms with E-state index in [1.807, 2.05) is 12.1 Å². The van der Waals surface area contributed by atoms with Crippen molar-refractivity contribution in [2.24, 2.45) is 5.73 Å². The fraction of sp³-hybridized carbons (Fsp3) is 0.308. The minimum atomic E-state index is 0.618. The molecule has 0 fully saturated rings. The van der Waals surface area contributed by atoms with E-state index in [0.717, 1.165) is 28.8 Å². The fourth-order valence-corrected chi connectivity index (χ4v) is 1.90. The summed E-state index contributed by atoms with van der Waals surface area (Å²) in [5.41, 5.74) is 8.72. The van der Waals surface area contributed by atoms with Crippen LogP contribution in [0.1, 0.15) is 11.3 Å². The van der Waals surface area contributed by atoms with E-state index in [9.17, 15) is 0 Å². The minimum absolute atomic E-state index is 0.618. The number of aryl methyl sites for hydroxylation is 1. The Morgan fingerprint density at radius 2 is 2.19 bits per heavy atom. The van der Waals surface area contributed by atoms with Gasteiger partial charge in [-0.05, 0) is 31.2 Å². The summed E-state index contributed by atoms with van der Waals surface area (Å²) in [6.07, 6.45) is 0.800. The van der Waals surface area contributed by atoms with Gasteiger partial charge in [-0.1, -0.05) is 12.1 Å². The number of hydrogen-bond acceptors (Lipinski definition) is 3. The Bertz CT molecular complexity index is 509. The Labute approximate surface area is 95.2 Å². The van der Waals surface area contributed by atoms with E-state index in [2.05, 4.69) is 24.0 Å². The normalized spacial score (nSPS) is 10.7. The number of ether oxygens (including phenoxy) is 1. The van der Waals surface area contributed by atoms with E-state index in [-0.39, 0.29) is 0 Å². The first kappa shape index (κ1) is 10.9. The van der Waals surface area contributed by atoms with Crippen LogP contribution in [0.3, 0.4) is 0 Å². The second kappa shape index (κ2) is 4.49. The highest BCUT2D eigenvalue weighted by Crippen LogP contribution is 2.26. The van der Waals surface area contributed by atoms with Crippen LogP contribution in [0, 0.1) is 6.92 Å². The molecule has 0 aliphatic carbocycles. The lowest BCUT2D eigenvalue weighted by Crippen LogP contribution is -2.05. The third-order valence-electron chi connectivity index (χ3n) is 2.68. The van der Waals surface area contributed by atoms with Crippen molar-refractivity contribution < 1.29 is 4.74 Å². The topological polar surface area (TPSA) is 48.1 Å². The van der Waals surface area contributed by atoms with Crippen molar-refractivity contribution in [1.29, 1.82) is 0 Å². The van der Waals surface area contributed by atoms with Gasteiger partial charge >= 0.3 is 0 Å². The molecule has 2 aromatic rings. The van der Waals surface area contributed by atoms with Gasteiger partial charge in [-0.2, -0.15) is 0 Å². The number of aromatic nitrogens is 1. The number of methoxy groups -OCH3 is 1. The van der Waals surface area contributed by atoms with Crippen molar-refractivity contribution in [1.82, 2.24) is 4.98 Å². The molecule has 0 unspecified atom stereocenters. The Morgan fingerprint density at radius 1 is 1.38 bits per heavy atom. The largest absolute Gasteiger partial charge is 0.494 e. The van der Waals surface area contributed by atoms with Crippen molar-refractivity contribution in [2.75, 3.05) is 13.7 Å². The molecule has 0 amide bonds. The summed E-state index contributed by atoms with van der Waals surface area (Å²) < 4.78 is 5.32. The van der Waals surface area contributed by atoms with Crippen LogP contribution in [-0.4, -0.2) is 18.6 Å². The fourth-order valence-electron chi connectivity index (χ4n) is 1.90. The molecular formula is C13H16N2O. The molecule has 2 rings (SSSR count). The molecule has 84 valence electrons. The molecule has 0 spiro atoms. The number of nitrogens with zero attached hydrogens (tertiary/aromatic N) is 1. The molecule has 1 aromatic heterocycles. The Kier molecular flexibility index (Phi) is 3.06. The van der Waals surface area contributed by atoms with Crippen LogP contribution >= 0.6 is 0 Å². The molecule has 16 heavy (non-hydrogen) atoms. The zero-order valence-electron chi connectivity index (χ0n) is 9.66. The lowest BCUT2D eigenvalue weighted by Gasteiger charge is -2.09. The van der Waals surface area contributed by atoms with Gasteiger partial charge in [-0.3, -0.25) is 0 Å². The first-order valence-corrected chi connectivity index (χ1v) is 5.39. The van der Waals surface area contributed by atoms with E-state index >= 15 is 0 Å². The lowest BCUT2D eigenvalue weighted by atomic mass is 10.1. The first-order chi connectivity index (χ1) is 7.76. The van der Waals surface area contributed by atoms with E-state index in [1.165, 1.54) is 5.56 Å². The van der Waals surface area contributed by atoms with Gasteiger partial charge in [-0.25, -0.2) is 4.98 Å². The number of hydrogen-bond donors (Lipinski definition) is 1. The van der Waals surface area contributed by atoms with Crippen LogP contribution < -0.4 is 10.5 Å². The molecule has 1 aromatic carbocycles. The highest BCUT2D eigenvalue weighted by Gasteiger charge is 2.06. The third kappa shape index (κ3) is 1.86. The molecule has 0 aliphatic heterocycles. The maximum absolute atomic E-state index is 5.55. The maximum atomic E-state index is 5.55. The van der Waals surface area contributed by atoms with Crippen molar-refractivity contribution in [3.05, 3.63) is 35.5 Å². The Balaban J connectivity index is 2.67. The Morgan fingerprint density at radius 3 is 2.88 bits per heavy atom. The van der Waals surface area contributed by atoms with Crippen molar-refractivity contribution >= 4 is 10.9 Å². The number of fused-ring (bicyclic) bond motifs is 1. The summed E-state index contributed by atoms with van der Waals surface area (Å²) in [5, 5.41) is 1.14. The highest BCUT2D eigenvalue weighted by molar-refractivity contribution is 5.87. The van der Waals surface area contributed by atoms with Crippen molar-refractivity contribution in [3.63, 3.8) is 0 Å². The third-order valence-corrected chi connectivity index (χ3v) is 2.68. The molecule has 0 aliphatic rings. The summed E-state index contributed by atoms with van der Waals surface area (Å²) in [4.78, 5) is 4.59. The summed E-state index contributed by atoms with van der Waals surface area (Å²) in [6.45, 7) is 2.70. The summed E-state index contributed by atoms with van der Waals surface area (Å²) in [7, 11) is 1.67. The molecule has 3 heteroatoms. The number of rotatable bonds is 3. The average molecular weight is 216 g/mol. The first-order valence-electron chi connectivity index (χ1n) is 5.39. The van der Waals surface area contributed by atoms with E-state index in [4.69, 9.17) is 10.5 Å². The van der Waals surface area contributed by atoms with Crippen LogP contribution in [-0.2, 0) is 6.42 Å². The second-order valence-electron chi connectivity index (χ2n) is 3.83. The monoisotopic (exact) mass is 216 g/mol. The summed E-state index contributed by atoms with van der Waals surface area (Å²) in [6, 6.07) is 8.07. The molecule has 0 bridgehead atoms. The highest BCUT2D eigenvalue weighted by atomic mass is 16.5. The molecule has 1 heterocycles. The van der Waals surface area contributed by atoms with Gasteiger partial charge in [0.15, 0.2) is 0 Å². The maximum Gasteiger partial charge on any atom is 0.145 e. The molecule has 0 saturated carbocycles. The zero-order valence-corrected chi connectivity index (χ0v) is 9.66. The number of para-hydroxylation sites is 1. The van der Waals surface area contributed by atoms with E-state index < -0.39 is 0 Å². The predicted molar refractivity (Wildman–Crippen MR) is 65.8 cm³/mol. The van der Waals surface area contributed by atoms with Crippen LogP contribution in [0.25, 0.3) is 10.9 Å². The molecule has 0 radical (unpaired) electrons. The number of pyridine rings is 1.